The van der Waals surface area contributed by atoms with Crippen LogP contribution in [0.3, 0.4) is 0 Å². The van der Waals surface area contributed by atoms with E-state index in [9.17, 15) is 9.18 Å². The molecule has 0 spiro atoms. The highest BCUT2D eigenvalue weighted by molar-refractivity contribution is 6.01. The maximum Gasteiger partial charge on any atom is 0.233 e. The molecule has 1 aliphatic carbocycles. The summed E-state index contributed by atoms with van der Waals surface area (Å²) in [6.45, 7) is 1.82. The molecule has 2 heterocycles. The zero-order valence-electron chi connectivity index (χ0n) is 15.4. The van der Waals surface area contributed by atoms with E-state index >= 15 is 0 Å². The second kappa shape index (κ2) is 6.44. The summed E-state index contributed by atoms with van der Waals surface area (Å²) in [5.41, 5.74) is 4.47. The zero-order valence-corrected chi connectivity index (χ0v) is 15.4. The van der Waals surface area contributed by atoms with Gasteiger partial charge in [0.05, 0.1) is 11.3 Å². The van der Waals surface area contributed by atoms with Gasteiger partial charge in [0.25, 0.3) is 0 Å². The maximum atomic E-state index is 14.7. The number of hydrogen-bond donors (Lipinski definition) is 1. The molecule has 2 aromatic carbocycles. The van der Waals surface area contributed by atoms with Crippen molar-refractivity contribution in [1.82, 2.24) is 5.16 Å². The summed E-state index contributed by atoms with van der Waals surface area (Å²) in [6.07, 6.45) is 1.09. The van der Waals surface area contributed by atoms with Crippen molar-refractivity contribution in [1.29, 1.82) is 0 Å². The highest BCUT2D eigenvalue weighted by atomic mass is 19.1. The summed E-state index contributed by atoms with van der Waals surface area (Å²) in [5, 5.41) is 7.34. The molecule has 140 valence electrons. The highest BCUT2D eigenvalue weighted by Gasteiger charge is 2.41. The van der Waals surface area contributed by atoms with Crippen LogP contribution >= 0.6 is 0 Å². The van der Waals surface area contributed by atoms with Crippen molar-refractivity contribution < 1.29 is 13.7 Å². The van der Waals surface area contributed by atoms with Gasteiger partial charge in [-0.15, -0.1) is 0 Å². The summed E-state index contributed by atoms with van der Waals surface area (Å²) in [6, 6.07) is 16.7. The third kappa shape index (κ3) is 2.58. The van der Waals surface area contributed by atoms with E-state index in [-0.39, 0.29) is 17.5 Å². The first-order chi connectivity index (χ1) is 13.6. The van der Waals surface area contributed by atoms with Gasteiger partial charge in [-0.05, 0) is 30.9 Å². The SMILES string of the molecule is Cc1noc2c1[C@@H](c1ccccc1F)C1=C(C[C@@H](c3ccccc3)CC1=O)N2. The molecular weight excluding hydrogens is 355 g/mol. The number of nitrogens with one attached hydrogen (secondary N) is 1. The summed E-state index contributed by atoms with van der Waals surface area (Å²) in [7, 11) is 0. The number of allylic oxidation sites excluding steroid dienone is 2. The summed E-state index contributed by atoms with van der Waals surface area (Å²) in [4.78, 5) is 13.3. The van der Waals surface area contributed by atoms with Crippen LogP contribution in [0, 0.1) is 12.7 Å². The van der Waals surface area contributed by atoms with Gasteiger partial charge in [-0.2, -0.15) is 0 Å². The van der Waals surface area contributed by atoms with Gasteiger partial charge < -0.3 is 9.84 Å². The molecule has 4 nitrogen and oxygen atoms in total. The predicted molar refractivity (Wildman–Crippen MR) is 104 cm³/mol. The van der Waals surface area contributed by atoms with E-state index in [1.54, 1.807) is 18.2 Å². The van der Waals surface area contributed by atoms with Crippen molar-refractivity contribution in [3.63, 3.8) is 0 Å². The zero-order chi connectivity index (χ0) is 19.3. The van der Waals surface area contributed by atoms with Crippen LogP contribution in [-0.2, 0) is 4.79 Å². The van der Waals surface area contributed by atoms with Gasteiger partial charge in [0, 0.05) is 29.2 Å². The van der Waals surface area contributed by atoms with Crippen molar-refractivity contribution in [2.75, 3.05) is 5.32 Å². The quantitative estimate of drug-likeness (QED) is 0.680. The number of rotatable bonds is 2. The van der Waals surface area contributed by atoms with Crippen molar-refractivity contribution in [2.45, 2.75) is 31.6 Å². The number of hydrogen-bond acceptors (Lipinski definition) is 4. The Morgan fingerprint density at radius 2 is 1.82 bits per heavy atom. The smallest absolute Gasteiger partial charge is 0.233 e. The molecule has 0 amide bonds. The number of nitrogens with zero attached hydrogens (tertiary/aromatic N) is 1. The number of aromatic nitrogens is 1. The molecule has 0 saturated heterocycles. The molecule has 0 bridgehead atoms. The summed E-state index contributed by atoms with van der Waals surface area (Å²) >= 11 is 0. The Morgan fingerprint density at radius 3 is 2.61 bits per heavy atom. The number of halogens is 1. The van der Waals surface area contributed by atoms with Gasteiger partial charge in [-0.1, -0.05) is 53.7 Å². The Labute approximate surface area is 162 Å². The molecule has 1 aromatic heterocycles. The number of carbonyl (C=O) groups excluding carboxylic acids is 1. The number of carbonyl (C=O) groups is 1. The number of ketones is 1. The van der Waals surface area contributed by atoms with E-state index in [0.29, 0.717) is 35.6 Å². The monoisotopic (exact) mass is 374 g/mol. The third-order valence-electron chi connectivity index (χ3n) is 5.75. The minimum absolute atomic E-state index is 0.0436. The van der Waals surface area contributed by atoms with Gasteiger partial charge in [0.15, 0.2) is 5.78 Å². The number of anilines is 1. The fourth-order valence-electron chi connectivity index (χ4n) is 4.45. The standard InChI is InChI=1S/C23H19FN2O2/c1-13-20-21(16-9-5-6-10-17(16)24)22-18(25-23(20)28-26-13)11-15(12-19(22)27)14-7-3-2-4-8-14/h2-10,15,21,25H,11-12H2,1H3/t15-,21-/m1/s1. The first-order valence-corrected chi connectivity index (χ1v) is 9.42. The first-order valence-electron chi connectivity index (χ1n) is 9.42. The van der Waals surface area contributed by atoms with Crippen LogP contribution in [0.4, 0.5) is 10.3 Å². The number of fused-ring (bicyclic) bond motifs is 1. The number of aryl methyl sites for hydroxylation is 1. The topological polar surface area (TPSA) is 55.1 Å². The van der Waals surface area contributed by atoms with Crippen molar-refractivity contribution in [2.24, 2.45) is 0 Å². The van der Waals surface area contributed by atoms with Crippen LogP contribution in [0.5, 0.6) is 0 Å². The lowest BCUT2D eigenvalue weighted by Crippen LogP contribution is -2.30. The molecule has 1 aliphatic heterocycles. The fourth-order valence-corrected chi connectivity index (χ4v) is 4.45. The van der Waals surface area contributed by atoms with E-state index in [1.807, 2.05) is 37.3 Å². The second-order valence-corrected chi connectivity index (χ2v) is 7.42. The normalized spacial score (nSPS) is 21.1. The number of benzene rings is 2. The molecule has 3 aromatic rings. The lowest BCUT2D eigenvalue weighted by molar-refractivity contribution is -0.116. The molecule has 28 heavy (non-hydrogen) atoms. The minimum atomic E-state index is -0.497. The Morgan fingerprint density at radius 1 is 1.07 bits per heavy atom. The lowest BCUT2D eigenvalue weighted by atomic mass is 9.72. The van der Waals surface area contributed by atoms with E-state index in [1.165, 1.54) is 6.07 Å². The second-order valence-electron chi connectivity index (χ2n) is 7.42. The summed E-state index contributed by atoms with van der Waals surface area (Å²) in [5.74, 6) is -0.186. The largest absolute Gasteiger partial charge is 0.338 e. The molecular formula is C23H19FN2O2. The Balaban J connectivity index is 1.66. The lowest BCUT2D eigenvalue weighted by Gasteiger charge is -2.34. The Hall–Kier alpha value is -3.21. The van der Waals surface area contributed by atoms with Crippen LogP contribution < -0.4 is 5.32 Å². The van der Waals surface area contributed by atoms with E-state index < -0.39 is 5.92 Å². The Bertz CT molecular complexity index is 1100. The molecule has 0 radical (unpaired) electrons. The average molecular weight is 374 g/mol. The molecule has 5 rings (SSSR count). The summed E-state index contributed by atoms with van der Waals surface area (Å²) < 4.78 is 20.2. The van der Waals surface area contributed by atoms with Gasteiger partial charge in [-0.3, -0.25) is 4.79 Å². The predicted octanol–water partition coefficient (Wildman–Crippen LogP) is 5.08. The Kier molecular flexibility index (Phi) is 3.90. The minimum Gasteiger partial charge on any atom is -0.338 e. The van der Waals surface area contributed by atoms with Crippen LogP contribution in [0.15, 0.2) is 70.4 Å². The van der Waals surface area contributed by atoms with Gasteiger partial charge in [0.1, 0.15) is 5.82 Å². The van der Waals surface area contributed by atoms with Crippen LogP contribution in [0.25, 0.3) is 0 Å². The third-order valence-corrected chi connectivity index (χ3v) is 5.75. The molecule has 2 atom stereocenters. The number of Topliss-reactive ketones (excluding diaryl/α,β-unsaturated/α-hetero) is 1. The van der Waals surface area contributed by atoms with Gasteiger partial charge in [-0.25, -0.2) is 4.39 Å². The van der Waals surface area contributed by atoms with E-state index in [0.717, 1.165) is 16.8 Å². The van der Waals surface area contributed by atoms with Crippen LogP contribution in [-0.4, -0.2) is 10.9 Å². The molecule has 1 N–H and O–H groups in total. The fraction of sp³-hybridized carbons (Fsp3) is 0.217. The molecule has 5 heteroatoms. The van der Waals surface area contributed by atoms with Crippen LogP contribution in [0.1, 0.15) is 47.1 Å². The van der Waals surface area contributed by atoms with Gasteiger partial charge in [0.2, 0.25) is 5.88 Å². The molecule has 2 aliphatic rings. The van der Waals surface area contributed by atoms with Crippen molar-refractivity contribution in [3.8, 4) is 0 Å². The van der Waals surface area contributed by atoms with Crippen molar-refractivity contribution in [3.05, 3.63) is 94.1 Å². The van der Waals surface area contributed by atoms with Gasteiger partial charge >= 0.3 is 0 Å². The average Bonchev–Trinajstić information content (AvgIpc) is 3.08. The van der Waals surface area contributed by atoms with Crippen LogP contribution in [0.2, 0.25) is 0 Å². The first kappa shape index (κ1) is 16.9. The maximum absolute atomic E-state index is 14.7. The molecule has 0 saturated carbocycles. The highest BCUT2D eigenvalue weighted by Crippen LogP contribution is 2.49. The molecule has 0 fully saturated rings. The molecule has 0 unspecified atom stereocenters. The van der Waals surface area contributed by atoms with E-state index in [4.69, 9.17) is 4.52 Å². The van der Waals surface area contributed by atoms with Crippen molar-refractivity contribution >= 4 is 11.7 Å². The van der Waals surface area contributed by atoms with E-state index in [2.05, 4.69) is 10.5 Å².